The first-order chi connectivity index (χ1) is 23.7. The predicted octanol–water partition coefficient (Wildman–Crippen LogP) is 4.17. The van der Waals surface area contributed by atoms with Gasteiger partial charge in [0.2, 0.25) is 11.8 Å². The zero-order valence-corrected chi connectivity index (χ0v) is 27.5. The van der Waals surface area contributed by atoms with Crippen molar-refractivity contribution in [2.24, 2.45) is 0 Å². The summed E-state index contributed by atoms with van der Waals surface area (Å²) in [7, 11) is 0. The zero-order chi connectivity index (χ0) is 35.0. The van der Waals surface area contributed by atoms with Gasteiger partial charge < -0.3 is 20.1 Å². The number of carbonyl (C=O) groups excluding carboxylic acids is 5. The molecule has 0 spiro atoms. The van der Waals surface area contributed by atoms with Crippen LogP contribution in [-0.2, 0) is 32.4 Å². The molecule has 2 aliphatic rings. The minimum atomic E-state index is -0.514. The van der Waals surface area contributed by atoms with Crippen LogP contribution in [0.3, 0.4) is 0 Å². The molecule has 6 rings (SSSR count). The van der Waals surface area contributed by atoms with E-state index in [4.69, 9.17) is 21.7 Å². The van der Waals surface area contributed by atoms with Crippen LogP contribution in [0.25, 0.3) is 6.08 Å². The maximum absolute atomic E-state index is 11.9. The van der Waals surface area contributed by atoms with E-state index in [0.29, 0.717) is 35.8 Å². The Labute approximate surface area is 292 Å². The van der Waals surface area contributed by atoms with Gasteiger partial charge >= 0.3 is 0 Å². The van der Waals surface area contributed by atoms with Crippen LogP contribution in [0.5, 0.6) is 11.5 Å². The second-order valence-electron chi connectivity index (χ2n) is 10.2. The van der Waals surface area contributed by atoms with E-state index >= 15 is 0 Å². The summed E-state index contributed by atoms with van der Waals surface area (Å²) in [6.45, 7) is 0.958. The molecule has 248 valence electrons. The standard InChI is InChI=1S/C18H14N2O3S.C14H12O2.C4H4N2O2S/c21-16-15(17(22)20-18(24)19-16)10-13-7-4-8-14(9-13)23-11-12-5-2-1-3-6-12;15-10-13-7-4-8-14(9-13)16-11-12-5-2-1-3-6-12;7-2-1-3(8)6-4(9)5-2/h1-10H,11H2,(H2,19,20,21,22,24);1-10H,11H2;1H2,(H2,5,6,7,8,9). The first-order valence-electron chi connectivity index (χ1n) is 14.7. The lowest BCUT2D eigenvalue weighted by molar-refractivity contribution is -0.129. The smallest absolute Gasteiger partial charge is 0.263 e. The Morgan fingerprint density at radius 1 is 0.571 bits per heavy atom. The third-order valence-electron chi connectivity index (χ3n) is 6.43. The summed E-state index contributed by atoms with van der Waals surface area (Å²) < 4.78 is 11.3. The molecule has 2 fully saturated rings. The van der Waals surface area contributed by atoms with Crippen LogP contribution in [0.4, 0.5) is 0 Å². The van der Waals surface area contributed by atoms with E-state index in [1.807, 2.05) is 78.9 Å². The molecule has 0 radical (unpaired) electrons. The summed E-state index contributed by atoms with van der Waals surface area (Å²) in [4.78, 5) is 55.1. The molecule has 4 aromatic rings. The van der Waals surface area contributed by atoms with Crippen LogP contribution < -0.4 is 30.7 Å². The Hall–Kier alpha value is -6.05. The number of carbonyl (C=O) groups is 5. The van der Waals surface area contributed by atoms with Crippen LogP contribution in [0.15, 0.2) is 115 Å². The summed E-state index contributed by atoms with van der Waals surface area (Å²) in [5, 5.41) is 9.45. The largest absolute Gasteiger partial charge is 0.489 e. The molecule has 2 aliphatic heterocycles. The van der Waals surface area contributed by atoms with E-state index in [9.17, 15) is 24.0 Å². The molecule has 0 aliphatic carbocycles. The van der Waals surface area contributed by atoms with Gasteiger partial charge in [0.15, 0.2) is 10.2 Å². The Morgan fingerprint density at radius 3 is 1.49 bits per heavy atom. The van der Waals surface area contributed by atoms with E-state index in [-0.39, 0.29) is 34.0 Å². The lowest BCUT2D eigenvalue weighted by Gasteiger charge is -2.16. The molecule has 0 atom stereocenters. The normalized spacial score (nSPS) is 13.5. The fraction of sp³-hybridized carbons (Fsp3) is 0.0833. The van der Waals surface area contributed by atoms with Crippen LogP contribution in [0.2, 0.25) is 0 Å². The topological polar surface area (TPSA) is 152 Å². The first kappa shape index (κ1) is 35.8. The number of thiocarbonyl (C=S) groups is 2. The third kappa shape index (κ3) is 12.2. The lowest BCUT2D eigenvalue weighted by Crippen LogP contribution is -2.51. The van der Waals surface area contributed by atoms with Crippen molar-refractivity contribution in [1.29, 1.82) is 0 Å². The molecular weight excluding hydrogens is 665 g/mol. The van der Waals surface area contributed by atoms with Gasteiger partial charge in [0.25, 0.3) is 11.8 Å². The van der Waals surface area contributed by atoms with Crippen LogP contribution >= 0.6 is 24.4 Å². The number of nitrogens with one attached hydrogen (secondary N) is 4. The van der Waals surface area contributed by atoms with E-state index in [1.54, 1.807) is 30.3 Å². The van der Waals surface area contributed by atoms with Gasteiger partial charge in [-0.25, -0.2) is 0 Å². The molecule has 11 nitrogen and oxygen atoms in total. The van der Waals surface area contributed by atoms with Crippen LogP contribution in [-0.4, -0.2) is 40.1 Å². The lowest BCUT2D eigenvalue weighted by atomic mass is 10.1. The molecule has 0 bridgehead atoms. The summed E-state index contributed by atoms with van der Waals surface area (Å²) >= 11 is 9.26. The number of amides is 4. The number of ether oxygens (including phenoxy) is 2. The van der Waals surface area contributed by atoms with Crippen molar-refractivity contribution in [2.75, 3.05) is 0 Å². The molecule has 0 aromatic heterocycles. The Kier molecular flexibility index (Phi) is 13.4. The molecule has 13 heteroatoms. The minimum absolute atomic E-state index is 0.00353. The Morgan fingerprint density at radius 2 is 1.02 bits per heavy atom. The average molecular weight is 695 g/mol. The predicted molar refractivity (Wildman–Crippen MR) is 190 cm³/mol. The van der Waals surface area contributed by atoms with Gasteiger partial charge in [-0.05, 0) is 71.5 Å². The molecule has 49 heavy (non-hydrogen) atoms. The summed E-state index contributed by atoms with van der Waals surface area (Å²) in [6.07, 6.45) is 2.19. The van der Waals surface area contributed by atoms with Crippen LogP contribution in [0, 0.1) is 0 Å². The van der Waals surface area contributed by atoms with E-state index < -0.39 is 11.8 Å². The van der Waals surface area contributed by atoms with Crippen molar-refractivity contribution < 1.29 is 33.4 Å². The van der Waals surface area contributed by atoms with E-state index in [1.165, 1.54) is 6.08 Å². The summed E-state index contributed by atoms with van der Waals surface area (Å²) in [6, 6.07) is 34.0. The van der Waals surface area contributed by atoms with Gasteiger partial charge in [-0.2, -0.15) is 0 Å². The van der Waals surface area contributed by atoms with E-state index in [0.717, 1.165) is 17.4 Å². The average Bonchev–Trinajstić information content (AvgIpc) is 3.09. The van der Waals surface area contributed by atoms with Gasteiger partial charge in [-0.3, -0.25) is 34.6 Å². The number of benzene rings is 4. The van der Waals surface area contributed by atoms with Crippen molar-refractivity contribution in [3.05, 3.63) is 137 Å². The zero-order valence-electron chi connectivity index (χ0n) is 25.8. The highest BCUT2D eigenvalue weighted by molar-refractivity contribution is 7.80. The second-order valence-corrected chi connectivity index (χ2v) is 11.0. The fourth-order valence-corrected chi connectivity index (χ4v) is 4.56. The third-order valence-corrected chi connectivity index (χ3v) is 6.84. The van der Waals surface area contributed by atoms with Gasteiger partial charge in [0.05, 0.1) is 0 Å². The van der Waals surface area contributed by atoms with Crippen LogP contribution in [0.1, 0.15) is 33.5 Å². The first-order valence-corrected chi connectivity index (χ1v) is 15.5. The van der Waals surface area contributed by atoms with Crippen molar-refractivity contribution >= 4 is 70.7 Å². The number of hydrogen-bond acceptors (Lipinski definition) is 9. The van der Waals surface area contributed by atoms with E-state index in [2.05, 4.69) is 33.5 Å². The van der Waals surface area contributed by atoms with Gasteiger partial charge in [0.1, 0.15) is 43.0 Å². The molecule has 4 aromatic carbocycles. The maximum Gasteiger partial charge on any atom is 0.263 e. The Balaban J connectivity index is 0.000000185. The number of rotatable bonds is 8. The molecule has 2 heterocycles. The molecule has 2 saturated heterocycles. The van der Waals surface area contributed by atoms with Crippen molar-refractivity contribution in [3.8, 4) is 11.5 Å². The summed E-state index contributed by atoms with van der Waals surface area (Å²) in [5.41, 5.74) is 3.49. The summed E-state index contributed by atoms with van der Waals surface area (Å²) in [5.74, 6) is -0.347. The van der Waals surface area contributed by atoms with Crippen molar-refractivity contribution in [1.82, 2.24) is 21.3 Å². The highest BCUT2D eigenvalue weighted by Gasteiger charge is 2.25. The quantitative estimate of drug-likeness (QED) is 0.0701. The SMILES string of the molecule is O=C1CC(=O)NC(=S)N1.O=C1NC(=S)NC(=O)C1=Cc1cccc(OCc2ccccc2)c1.O=Cc1cccc(OCc2ccccc2)c1. The maximum atomic E-state index is 11.9. The second kappa shape index (κ2) is 18.3. The van der Waals surface area contributed by atoms with Gasteiger partial charge in [-0.1, -0.05) is 84.9 Å². The highest BCUT2D eigenvalue weighted by atomic mass is 32.1. The van der Waals surface area contributed by atoms with Gasteiger partial charge in [0, 0.05) is 5.56 Å². The van der Waals surface area contributed by atoms with Gasteiger partial charge in [-0.15, -0.1) is 0 Å². The minimum Gasteiger partial charge on any atom is -0.489 e. The Bertz CT molecular complexity index is 1820. The molecule has 4 N–H and O–H groups in total. The van der Waals surface area contributed by atoms with Crippen molar-refractivity contribution in [2.45, 2.75) is 19.6 Å². The monoisotopic (exact) mass is 694 g/mol. The number of hydrogen-bond donors (Lipinski definition) is 4. The molecule has 4 amide bonds. The molecule has 0 saturated carbocycles. The molecule has 0 unspecified atom stereocenters. The fourth-order valence-electron chi connectivity index (χ4n) is 4.15. The highest BCUT2D eigenvalue weighted by Crippen LogP contribution is 2.18. The molecular formula is C36H30N4O7S2. The number of aldehydes is 1. The van der Waals surface area contributed by atoms with Crippen molar-refractivity contribution in [3.63, 3.8) is 0 Å².